The van der Waals surface area contributed by atoms with Crippen LogP contribution in [0.25, 0.3) is 39.4 Å². The molecule has 5 nitrogen and oxygen atoms in total. The van der Waals surface area contributed by atoms with Crippen molar-refractivity contribution in [2.75, 3.05) is 0 Å². The maximum atomic E-state index is 14.5. The van der Waals surface area contributed by atoms with Gasteiger partial charge in [0.2, 0.25) is 6.33 Å². The number of hydrogen-bond donors (Lipinski definition) is 0. The Morgan fingerprint density at radius 1 is 0.661 bits per heavy atom. The molecule has 0 saturated carbocycles. The molecule has 0 bridgehead atoms. The van der Waals surface area contributed by atoms with E-state index in [0.29, 0.717) is 24.2 Å². The number of rotatable bonds is 8. The van der Waals surface area contributed by atoms with Gasteiger partial charge < -0.3 is 19.1 Å². The Hall–Kier alpha value is -5.05. The molecule has 59 heavy (non-hydrogen) atoms. The van der Waals surface area contributed by atoms with Gasteiger partial charge in [-0.25, -0.2) is 0 Å². The van der Waals surface area contributed by atoms with Gasteiger partial charge in [0.1, 0.15) is 5.65 Å². The summed E-state index contributed by atoms with van der Waals surface area (Å²) in [4.78, 5) is 14.0. The van der Waals surface area contributed by atoms with Crippen LogP contribution >= 0.6 is 0 Å². The van der Waals surface area contributed by atoms with Gasteiger partial charge in [-0.05, 0) is 90.6 Å². The molecule has 0 unspecified atom stereocenters. The summed E-state index contributed by atoms with van der Waals surface area (Å²) in [6, 6.07) is 30.3. The van der Waals surface area contributed by atoms with Crippen molar-refractivity contribution in [3.8, 4) is 28.2 Å². The Balaban J connectivity index is 0.000000289. The molecule has 0 aliphatic rings. The first-order valence-electron chi connectivity index (χ1n) is 19.4. The van der Waals surface area contributed by atoms with Crippen molar-refractivity contribution in [1.29, 1.82) is 0 Å². The third-order valence-corrected chi connectivity index (χ3v) is 10.0. The molecule has 4 aromatic heterocycles. The van der Waals surface area contributed by atoms with Gasteiger partial charge in [-0.2, -0.15) is 30.3 Å². The van der Waals surface area contributed by atoms with Crippen LogP contribution in [0.15, 0.2) is 78.9 Å². The second-order valence-corrected chi connectivity index (χ2v) is 16.7. The molecule has 7 rings (SSSR count). The molecule has 0 aliphatic carbocycles. The summed E-state index contributed by atoms with van der Waals surface area (Å²) in [6.45, 7) is 16.6. The minimum absolute atomic E-state index is 0. The predicted octanol–water partition coefficient (Wildman–Crippen LogP) is 11.2. The summed E-state index contributed by atoms with van der Waals surface area (Å²) < 4.78 is 59.9. The number of imidazole rings is 1. The van der Waals surface area contributed by atoms with Crippen LogP contribution in [-0.4, -0.2) is 19.5 Å². The van der Waals surface area contributed by atoms with E-state index in [2.05, 4.69) is 94.0 Å². The van der Waals surface area contributed by atoms with Gasteiger partial charge in [0.05, 0.1) is 12.6 Å². The number of para-hydroxylation sites is 1. The van der Waals surface area contributed by atoms with Crippen LogP contribution in [0, 0.1) is 61.6 Å². The van der Waals surface area contributed by atoms with E-state index in [1.165, 1.54) is 5.56 Å². The number of unbranched alkanes of at least 4 members (excludes halogenated alkanes) is 1. The number of pyridine rings is 3. The molecule has 0 N–H and O–H groups in total. The van der Waals surface area contributed by atoms with E-state index in [0.717, 1.165) is 82.2 Å². The first-order chi connectivity index (χ1) is 27.4. The van der Waals surface area contributed by atoms with Crippen LogP contribution in [0.3, 0.4) is 0 Å². The van der Waals surface area contributed by atoms with Gasteiger partial charge in [-0.1, -0.05) is 88.7 Å². The number of nitrogens with zero attached hydrogens (tertiary/aromatic N) is 5. The molecule has 0 aliphatic heterocycles. The second kappa shape index (κ2) is 18.5. The molecular formula is C49H48F4IrN5-3. The Labute approximate surface area is 359 Å². The maximum Gasteiger partial charge on any atom is 0.243 e. The zero-order valence-corrected chi connectivity index (χ0v) is 37.3. The van der Waals surface area contributed by atoms with Crippen molar-refractivity contribution in [3.05, 3.63) is 160 Å². The molecule has 0 atom stereocenters. The Morgan fingerprint density at radius 3 is 1.61 bits per heavy atom. The first kappa shape index (κ1) is 45.0. The average molecular weight is 975 g/mol. The predicted molar refractivity (Wildman–Crippen MR) is 220 cm³/mol. The summed E-state index contributed by atoms with van der Waals surface area (Å²) in [5.74, 6) is -2.75. The molecule has 0 saturated heterocycles. The average Bonchev–Trinajstić information content (AvgIpc) is 3.47. The van der Waals surface area contributed by atoms with Gasteiger partial charge in [-0.15, -0.1) is 24.3 Å². The number of fused-ring (bicyclic) bond motifs is 1. The molecule has 10 heteroatoms. The van der Waals surface area contributed by atoms with Crippen molar-refractivity contribution in [2.24, 2.45) is 7.05 Å². The molecule has 0 amide bonds. The van der Waals surface area contributed by atoms with Gasteiger partial charge in [0.25, 0.3) is 0 Å². The van der Waals surface area contributed by atoms with Crippen LogP contribution < -0.4 is 4.57 Å². The third kappa shape index (κ3) is 11.0. The molecule has 3 aromatic carbocycles. The maximum absolute atomic E-state index is 14.5. The van der Waals surface area contributed by atoms with E-state index in [1.807, 2.05) is 71.6 Å². The van der Waals surface area contributed by atoms with Crippen LogP contribution in [0.1, 0.15) is 88.2 Å². The van der Waals surface area contributed by atoms with Gasteiger partial charge in [-0.3, -0.25) is 22.5 Å². The molecular weight excluding hydrogens is 927 g/mol. The van der Waals surface area contributed by atoms with E-state index < -0.39 is 23.3 Å². The molecule has 4 heterocycles. The van der Waals surface area contributed by atoms with Gasteiger partial charge >= 0.3 is 0 Å². The number of hydrogen-bond acceptors (Lipinski definition) is 3. The van der Waals surface area contributed by atoms with E-state index in [9.17, 15) is 17.6 Å². The van der Waals surface area contributed by atoms with Gasteiger partial charge in [0.15, 0.2) is 0 Å². The van der Waals surface area contributed by atoms with E-state index in [-0.39, 0.29) is 42.1 Å². The molecule has 309 valence electrons. The zero-order valence-electron chi connectivity index (χ0n) is 34.9. The minimum atomic E-state index is -0.694. The number of aryl methyl sites for hydroxylation is 5. The largest absolute Gasteiger partial charge is 0.326 e. The summed E-state index contributed by atoms with van der Waals surface area (Å²) in [6.07, 6.45) is 6.17. The number of aromatic nitrogens is 5. The fourth-order valence-corrected chi connectivity index (χ4v) is 6.48. The Bertz CT molecular complexity index is 2460. The van der Waals surface area contributed by atoms with Crippen molar-refractivity contribution in [2.45, 2.75) is 91.9 Å². The number of benzene rings is 3. The summed E-state index contributed by atoms with van der Waals surface area (Å²) >= 11 is 0. The SMILES string of the molecule is CC(C)(C)c1cc(CCCCc2cc(C(C)(C)C)cc(-c3[c-]cc(F)cc3F)n2)nc(-c2[c-]cc(F)cc2F)c1.Cc1cc2c(nc1C)n(-c1[c-]cccc1)[c-][n+]2C.[Ir]. The molecule has 1 radical (unpaired) electrons. The summed E-state index contributed by atoms with van der Waals surface area (Å²) in [5.41, 5.74) is 9.63. The van der Waals surface area contributed by atoms with Crippen LogP contribution in [-0.2, 0) is 50.8 Å². The topological polar surface area (TPSA) is 47.5 Å². The van der Waals surface area contributed by atoms with E-state index in [1.54, 1.807) is 0 Å². The summed E-state index contributed by atoms with van der Waals surface area (Å²) in [7, 11) is 1.98. The van der Waals surface area contributed by atoms with Crippen molar-refractivity contribution in [1.82, 2.24) is 19.5 Å². The second-order valence-electron chi connectivity index (χ2n) is 16.7. The van der Waals surface area contributed by atoms with Crippen LogP contribution in [0.4, 0.5) is 17.6 Å². The molecule has 0 spiro atoms. The fourth-order valence-electron chi connectivity index (χ4n) is 6.48. The van der Waals surface area contributed by atoms with Gasteiger partial charge in [0, 0.05) is 60.5 Å². The van der Waals surface area contributed by atoms with Crippen molar-refractivity contribution in [3.63, 3.8) is 0 Å². The first-order valence-corrected chi connectivity index (χ1v) is 19.4. The van der Waals surface area contributed by atoms with Crippen LogP contribution in [0.2, 0.25) is 0 Å². The number of halogens is 4. The normalized spacial score (nSPS) is 11.6. The summed E-state index contributed by atoms with van der Waals surface area (Å²) in [5, 5.41) is 0. The van der Waals surface area contributed by atoms with Crippen molar-refractivity contribution < 1.29 is 42.2 Å². The van der Waals surface area contributed by atoms with E-state index in [4.69, 9.17) is 0 Å². The zero-order chi connectivity index (χ0) is 41.9. The smallest absolute Gasteiger partial charge is 0.243 e. The fraction of sp³-hybridized carbons (Fsp3) is 0.306. The Morgan fingerprint density at radius 2 is 1.17 bits per heavy atom. The molecule has 0 fully saturated rings. The van der Waals surface area contributed by atoms with Crippen LogP contribution in [0.5, 0.6) is 0 Å². The third-order valence-electron chi connectivity index (χ3n) is 10.0. The standard InChI is InChI=1S/C34H34F4N2.C15H14N3.Ir/c1-33(2,3)21-15-25(39-31(17-21)27-13-11-23(35)19-29(27)37)9-7-8-10-26-16-22(34(4,5)6)18-32(40-26)28-14-12-24(36)20-30(28)38;1-11-9-14-15(16-12(11)2)18(10-17(14)3)13-7-5-4-6-8-13;/h11-12,15-20H,7-10H2,1-6H3;4-7,9H,1-3H3;/q-2;-1;. The van der Waals surface area contributed by atoms with Crippen molar-refractivity contribution >= 4 is 11.2 Å². The molecule has 7 aromatic rings. The minimum Gasteiger partial charge on any atom is -0.326 e. The monoisotopic (exact) mass is 975 g/mol. The Kier molecular flexibility index (Phi) is 14.1. The van der Waals surface area contributed by atoms with E-state index >= 15 is 0 Å². The quantitative estimate of drug-likeness (QED) is 0.0660.